The standard InChI is InChI=1S/C22H29N7O/c1-3-13(2)19-21(30)29-12-18(15-11-26-16-8-5-4-7-14(15)16)27-17(20(29)28-19)9-6-10-25-22(23)24/h4-5,7-8,12-13,15,26,30H,3,6,9-11H2,1-2H3,(H4,23,24,25). The molecule has 2 aromatic heterocycles. The number of anilines is 1. The van der Waals surface area contributed by atoms with Crippen molar-refractivity contribution in [2.45, 2.75) is 44.9 Å². The molecule has 0 fully saturated rings. The predicted molar refractivity (Wildman–Crippen MR) is 119 cm³/mol. The zero-order valence-electron chi connectivity index (χ0n) is 17.5. The van der Waals surface area contributed by atoms with Crippen molar-refractivity contribution in [1.29, 1.82) is 0 Å². The van der Waals surface area contributed by atoms with E-state index in [0.29, 0.717) is 24.3 Å². The largest absolute Gasteiger partial charge is 0.493 e. The highest BCUT2D eigenvalue weighted by atomic mass is 16.3. The van der Waals surface area contributed by atoms with Crippen LogP contribution in [-0.2, 0) is 6.42 Å². The van der Waals surface area contributed by atoms with Gasteiger partial charge < -0.3 is 21.9 Å². The van der Waals surface area contributed by atoms with Gasteiger partial charge in [0.2, 0.25) is 5.88 Å². The number of nitrogens with one attached hydrogen (secondary N) is 1. The third-order valence-electron chi connectivity index (χ3n) is 5.83. The van der Waals surface area contributed by atoms with E-state index in [2.05, 4.69) is 36.3 Å². The number of imidazole rings is 1. The SMILES string of the molecule is CCC(C)c1nc2c(CCCN=C(N)N)nc(C3CNc4ccccc43)cn2c1O. The van der Waals surface area contributed by atoms with Crippen LogP contribution in [0.3, 0.4) is 0 Å². The quantitative estimate of drug-likeness (QED) is 0.271. The number of fused-ring (bicyclic) bond motifs is 2. The molecule has 6 N–H and O–H groups in total. The van der Waals surface area contributed by atoms with E-state index in [9.17, 15) is 5.11 Å². The van der Waals surface area contributed by atoms with Crippen LogP contribution in [-0.4, -0.2) is 38.5 Å². The van der Waals surface area contributed by atoms with Crippen LogP contribution in [0.1, 0.15) is 61.2 Å². The molecule has 1 aliphatic heterocycles. The summed E-state index contributed by atoms with van der Waals surface area (Å²) in [5.74, 6) is 0.577. The molecule has 2 atom stereocenters. The van der Waals surface area contributed by atoms with Gasteiger partial charge in [-0.05, 0) is 30.9 Å². The molecule has 0 radical (unpaired) electrons. The Morgan fingerprint density at radius 1 is 1.33 bits per heavy atom. The van der Waals surface area contributed by atoms with E-state index in [1.807, 2.05) is 18.3 Å². The number of hydrogen-bond acceptors (Lipinski definition) is 5. The molecule has 30 heavy (non-hydrogen) atoms. The maximum Gasteiger partial charge on any atom is 0.219 e. The van der Waals surface area contributed by atoms with E-state index in [1.165, 1.54) is 5.56 Å². The minimum absolute atomic E-state index is 0.0907. The molecule has 0 saturated heterocycles. The second-order valence-electron chi connectivity index (χ2n) is 7.87. The van der Waals surface area contributed by atoms with Crippen LogP contribution in [0.5, 0.6) is 5.88 Å². The molecule has 3 aromatic rings. The van der Waals surface area contributed by atoms with Crippen molar-refractivity contribution in [3.63, 3.8) is 0 Å². The van der Waals surface area contributed by atoms with Gasteiger partial charge in [0.05, 0.1) is 11.4 Å². The Balaban J connectivity index is 1.78. The zero-order valence-corrected chi connectivity index (χ0v) is 17.5. The van der Waals surface area contributed by atoms with Gasteiger partial charge >= 0.3 is 0 Å². The van der Waals surface area contributed by atoms with Crippen molar-refractivity contribution in [3.05, 3.63) is 53.1 Å². The number of hydrogen-bond donors (Lipinski definition) is 4. The van der Waals surface area contributed by atoms with Crippen molar-refractivity contribution in [2.24, 2.45) is 16.5 Å². The zero-order chi connectivity index (χ0) is 21.3. The molecule has 158 valence electrons. The molecule has 2 unspecified atom stereocenters. The van der Waals surface area contributed by atoms with Crippen LogP contribution in [0, 0.1) is 0 Å². The Kier molecular flexibility index (Phi) is 5.48. The smallest absolute Gasteiger partial charge is 0.219 e. The van der Waals surface area contributed by atoms with E-state index in [1.54, 1.807) is 4.40 Å². The first-order valence-corrected chi connectivity index (χ1v) is 10.5. The minimum Gasteiger partial charge on any atom is -0.493 e. The normalized spacial score (nSPS) is 16.3. The van der Waals surface area contributed by atoms with Gasteiger partial charge in [-0.25, -0.2) is 4.98 Å². The van der Waals surface area contributed by atoms with E-state index in [0.717, 1.165) is 36.5 Å². The van der Waals surface area contributed by atoms with Crippen LogP contribution in [0.2, 0.25) is 0 Å². The van der Waals surface area contributed by atoms with Crippen LogP contribution >= 0.6 is 0 Å². The summed E-state index contributed by atoms with van der Waals surface area (Å²) >= 11 is 0. The summed E-state index contributed by atoms with van der Waals surface area (Å²) in [4.78, 5) is 13.8. The second kappa shape index (κ2) is 8.22. The van der Waals surface area contributed by atoms with Crippen LogP contribution in [0.4, 0.5) is 5.69 Å². The van der Waals surface area contributed by atoms with E-state index < -0.39 is 0 Å². The monoisotopic (exact) mass is 407 g/mol. The fraction of sp³-hybridized carbons (Fsp3) is 0.409. The number of aromatic nitrogens is 3. The molecule has 1 aliphatic rings. The lowest BCUT2D eigenvalue weighted by Gasteiger charge is -2.13. The van der Waals surface area contributed by atoms with Crippen LogP contribution in [0.25, 0.3) is 5.65 Å². The van der Waals surface area contributed by atoms with E-state index >= 15 is 0 Å². The molecule has 0 saturated carbocycles. The number of rotatable bonds is 7. The fourth-order valence-electron chi connectivity index (χ4n) is 4.00. The van der Waals surface area contributed by atoms with Crippen molar-refractivity contribution >= 4 is 17.3 Å². The molecule has 0 bridgehead atoms. The van der Waals surface area contributed by atoms with Crippen molar-refractivity contribution in [1.82, 2.24) is 14.4 Å². The van der Waals surface area contributed by atoms with Gasteiger partial charge in [-0.15, -0.1) is 0 Å². The Hall–Kier alpha value is -3.29. The molecule has 3 heterocycles. The minimum atomic E-state index is 0.0907. The molecular formula is C22H29N7O. The van der Waals surface area contributed by atoms with Gasteiger partial charge in [-0.1, -0.05) is 32.0 Å². The van der Waals surface area contributed by atoms with Crippen molar-refractivity contribution < 1.29 is 5.11 Å². The first-order chi connectivity index (χ1) is 14.5. The number of para-hydroxylation sites is 1. The Morgan fingerprint density at radius 3 is 2.90 bits per heavy atom. The highest BCUT2D eigenvalue weighted by Gasteiger charge is 2.27. The summed E-state index contributed by atoms with van der Waals surface area (Å²) < 4.78 is 1.79. The van der Waals surface area contributed by atoms with Gasteiger partial charge in [-0.3, -0.25) is 14.4 Å². The number of aryl methyl sites for hydroxylation is 1. The lowest BCUT2D eigenvalue weighted by Crippen LogP contribution is -2.23. The summed E-state index contributed by atoms with van der Waals surface area (Å²) in [5.41, 5.74) is 16.4. The summed E-state index contributed by atoms with van der Waals surface area (Å²) in [6.07, 6.45) is 4.25. The maximum atomic E-state index is 10.9. The number of benzene rings is 1. The molecule has 0 aliphatic carbocycles. The van der Waals surface area contributed by atoms with Crippen molar-refractivity contribution in [3.8, 4) is 5.88 Å². The van der Waals surface area contributed by atoms with E-state index in [4.69, 9.17) is 21.4 Å². The third kappa shape index (κ3) is 3.65. The predicted octanol–water partition coefficient (Wildman–Crippen LogP) is 2.71. The lowest BCUT2D eigenvalue weighted by atomic mass is 9.98. The summed E-state index contributed by atoms with van der Waals surface area (Å²) in [7, 11) is 0. The van der Waals surface area contributed by atoms with Gasteiger partial charge in [0, 0.05) is 36.8 Å². The molecule has 0 spiro atoms. The Labute approximate surface area is 176 Å². The van der Waals surface area contributed by atoms with Gasteiger partial charge in [-0.2, -0.15) is 0 Å². The molecular weight excluding hydrogens is 378 g/mol. The average Bonchev–Trinajstić information content (AvgIpc) is 3.32. The topological polar surface area (TPSA) is 127 Å². The molecule has 8 nitrogen and oxygen atoms in total. The number of aromatic hydroxyl groups is 1. The fourth-order valence-corrected chi connectivity index (χ4v) is 4.00. The van der Waals surface area contributed by atoms with Crippen molar-refractivity contribution in [2.75, 3.05) is 18.4 Å². The molecule has 4 rings (SSSR count). The molecule has 8 heteroatoms. The highest BCUT2D eigenvalue weighted by molar-refractivity contribution is 5.75. The maximum absolute atomic E-state index is 10.9. The number of nitrogens with zero attached hydrogens (tertiary/aromatic N) is 4. The van der Waals surface area contributed by atoms with Crippen LogP contribution < -0.4 is 16.8 Å². The summed E-state index contributed by atoms with van der Waals surface area (Å²) in [5, 5.41) is 14.4. The Morgan fingerprint density at radius 2 is 2.13 bits per heavy atom. The van der Waals surface area contributed by atoms with E-state index in [-0.39, 0.29) is 23.7 Å². The number of aliphatic imine (C=N–C) groups is 1. The average molecular weight is 408 g/mol. The molecule has 1 aromatic carbocycles. The second-order valence-corrected chi connectivity index (χ2v) is 7.87. The molecule has 0 amide bonds. The summed E-state index contributed by atoms with van der Waals surface area (Å²) in [6.45, 7) is 5.47. The lowest BCUT2D eigenvalue weighted by molar-refractivity contribution is 0.434. The summed E-state index contributed by atoms with van der Waals surface area (Å²) in [6, 6.07) is 8.28. The first kappa shape index (κ1) is 20.0. The first-order valence-electron chi connectivity index (χ1n) is 10.5. The van der Waals surface area contributed by atoms with Crippen LogP contribution in [0.15, 0.2) is 35.5 Å². The highest BCUT2D eigenvalue weighted by Crippen LogP contribution is 2.37. The number of guanidine groups is 1. The van der Waals surface area contributed by atoms with Gasteiger partial charge in [0.15, 0.2) is 11.6 Å². The van der Waals surface area contributed by atoms with Gasteiger partial charge in [0.1, 0.15) is 5.69 Å². The number of nitrogens with two attached hydrogens (primary N) is 2. The Bertz CT molecular complexity index is 1080. The van der Waals surface area contributed by atoms with Gasteiger partial charge in [0.25, 0.3) is 0 Å². The third-order valence-corrected chi connectivity index (χ3v) is 5.83.